The normalized spacial score (nSPS) is 12.0. The molecule has 0 bridgehead atoms. The summed E-state index contributed by atoms with van der Waals surface area (Å²) in [6.07, 6.45) is 10.9. The maximum absolute atomic E-state index is 10.9. The van der Waals surface area contributed by atoms with Crippen LogP contribution in [0.4, 0.5) is 0 Å². The number of carboxylic acid groups (broad SMARTS) is 1. The Bertz CT molecular complexity index is 647. The van der Waals surface area contributed by atoms with E-state index in [1.165, 1.54) is 16.7 Å². The molecule has 0 spiro atoms. The van der Waals surface area contributed by atoms with Crippen LogP contribution in [0.2, 0.25) is 0 Å². The molecule has 1 aromatic rings. The zero-order valence-electron chi connectivity index (χ0n) is 15.8. The Morgan fingerprint density at radius 2 is 1.64 bits per heavy atom. The van der Waals surface area contributed by atoms with Crippen LogP contribution in [0.15, 0.2) is 59.2 Å². The predicted molar refractivity (Wildman–Crippen MR) is 104 cm³/mol. The number of hydrogen-bond donors (Lipinski definition) is 1. The molecule has 0 saturated heterocycles. The molecule has 136 valence electrons. The second-order valence-electron chi connectivity index (χ2n) is 6.60. The average Bonchev–Trinajstić information content (AvgIpc) is 2.54. The van der Waals surface area contributed by atoms with Crippen molar-refractivity contribution in [1.82, 2.24) is 0 Å². The van der Waals surface area contributed by atoms with Crippen molar-refractivity contribution in [1.29, 1.82) is 0 Å². The van der Waals surface area contributed by atoms with Crippen molar-refractivity contribution in [2.24, 2.45) is 0 Å². The highest BCUT2D eigenvalue weighted by molar-refractivity contribution is 5.87. The lowest BCUT2D eigenvalue weighted by Gasteiger charge is -2.05. The molecule has 0 aliphatic rings. The molecule has 0 aromatic heterocycles. The summed E-state index contributed by atoms with van der Waals surface area (Å²) in [7, 11) is 0. The maximum Gasteiger partial charge on any atom is 0.335 e. The fraction of sp³-hybridized carbons (Fsp3) is 0.409. The summed E-state index contributed by atoms with van der Waals surface area (Å²) >= 11 is 0. The van der Waals surface area contributed by atoms with E-state index in [4.69, 9.17) is 9.84 Å². The first-order valence-electron chi connectivity index (χ1n) is 8.79. The molecule has 0 radical (unpaired) electrons. The van der Waals surface area contributed by atoms with E-state index in [2.05, 4.69) is 45.9 Å². The van der Waals surface area contributed by atoms with Crippen LogP contribution in [-0.2, 0) is 0 Å². The second-order valence-corrected chi connectivity index (χ2v) is 6.60. The molecule has 3 nitrogen and oxygen atoms in total. The van der Waals surface area contributed by atoms with Crippen LogP contribution >= 0.6 is 0 Å². The maximum atomic E-state index is 10.9. The summed E-state index contributed by atoms with van der Waals surface area (Å²) in [6.45, 7) is 9.01. The van der Waals surface area contributed by atoms with Gasteiger partial charge in [0.1, 0.15) is 12.4 Å². The molecule has 0 fully saturated rings. The van der Waals surface area contributed by atoms with Gasteiger partial charge in [0, 0.05) is 0 Å². The molecule has 0 unspecified atom stereocenters. The fourth-order valence-electron chi connectivity index (χ4n) is 2.34. The highest BCUT2D eigenvalue weighted by atomic mass is 16.5. The minimum atomic E-state index is -0.941. The van der Waals surface area contributed by atoms with Crippen LogP contribution < -0.4 is 4.74 Å². The molecule has 0 atom stereocenters. The molecule has 0 aliphatic carbocycles. The quantitative estimate of drug-likeness (QED) is 0.516. The van der Waals surface area contributed by atoms with Crippen LogP contribution in [0, 0.1) is 0 Å². The van der Waals surface area contributed by atoms with Crippen molar-refractivity contribution in [3.8, 4) is 5.75 Å². The van der Waals surface area contributed by atoms with E-state index in [0.717, 1.165) is 25.7 Å². The Morgan fingerprint density at radius 1 is 1.00 bits per heavy atom. The Balaban J connectivity index is 2.35. The van der Waals surface area contributed by atoms with Gasteiger partial charge in [-0.2, -0.15) is 0 Å². The third kappa shape index (κ3) is 9.55. The summed E-state index contributed by atoms with van der Waals surface area (Å²) < 4.78 is 5.61. The van der Waals surface area contributed by atoms with E-state index in [9.17, 15) is 4.79 Å². The highest BCUT2D eigenvalue weighted by Crippen LogP contribution is 2.14. The van der Waals surface area contributed by atoms with Gasteiger partial charge in [0.05, 0.1) is 5.56 Å². The lowest BCUT2D eigenvalue weighted by molar-refractivity contribution is 0.0696. The van der Waals surface area contributed by atoms with Crippen LogP contribution in [0.25, 0.3) is 0 Å². The summed E-state index contributed by atoms with van der Waals surface area (Å²) in [5, 5.41) is 8.97. The molecule has 1 aromatic carbocycles. The number of hydrogen-bond acceptors (Lipinski definition) is 2. The first-order valence-corrected chi connectivity index (χ1v) is 8.79. The topological polar surface area (TPSA) is 46.5 Å². The molecule has 0 amide bonds. The minimum Gasteiger partial charge on any atom is -0.490 e. The fourth-order valence-corrected chi connectivity index (χ4v) is 2.34. The van der Waals surface area contributed by atoms with Gasteiger partial charge in [0.2, 0.25) is 0 Å². The van der Waals surface area contributed by atoms with Gasteiger partial charge in [-0.15, -0.1) is 0 Å². The van der Waals surface area contributed by atoms with E-state index in [0.29, 0.717) is 12.4 Å². The van der Waals surface area contributed by atoms with Crippen LogP contribution in [-0.4, -0.2) is 17.7 Å². The number of carboxylic acids is 1. The van der Waals surface area contributed by atoms with E-state index in [1.54, 1.807) is 24.3 Å². The van der Waals surface area contributed by atoms with Crippen molar-refractivity contribution >= 4 is 5.97 Å². The molecule has 25 heavy (non-hydrogen) atoms. The van der Waals surface area contributed by atoms with Gasteiger partial charge in [-0.05, 0) is 77.7 Å². The molecule has 3 heteroatoms. The Morgan fingerprint density at radius 3 is 2.28 bits per heavy atom. The molecular weight excluding hydrogens is 312 g/mol. The average molecular weight is 342 g/mol. The third-order valence-electron chi connectivity index (χ3n) is 3.89. The number of allylic oxidation sites excluding steroid dienone is 5. The summed E-state index contributed by atoms with van der Waals surface area (Å²) in [5.41, 5.74) is 4.34. The van der Waals surface area contributed by atoms with Gasteiger partial charge >= 0.3 is 5.97 Å². The number of carbonyl (C=O) groups is 1. The van der Waals surface area contributed by atoms with Crippen LogP contribution in [0.5, 0.6) is 5.75 Å². The summed E-state index contributed by atoms with van der Waals surface area (Å²) in [6, 6.07) is 6.57. The minimum absolute atomic E-state index is 0.243. The van der Waals surface area contributed by atoms with E-state index >= 15 is 0 Å². The number of rotatable bonds is 10. The van der Waals surface area contributed by atoms with Gasteiger partial charge in [-0.1, -0.05) is 34.9 Å². The lowest BCUT2D eigenvalue weighted by atomic mass is 10.1. The van der Waals surface area contributed by atoms with Gasteiger partial charge in [-0.3, -0.25) is 0 Å². The van der Waals surface area contributed by atoms with Crippen LogP contribution in [0.1, 0.15) is 63.7 Å². The van der Waals surface area contributed by atoms with Crippen molar-refractivity contribution in [3.63, 3.8) is 0 Å². The van der Waals surface area contributed by atoms with Gasteiger partial charge in [0.25, 0.3) is 0 Å². The second kappa shape index (κ2) is 11.3. The van der Waals surface area contributed by atoms with Crippen molar-refractivity contribution < 1.29 is 14.6 Å². The zero-order valence-corrected chi connectivity index (χ0v) is 15.8. The predicted octanol–water partition coefficient (Wildman–Crippen LogP) is 6.18. The largest absolute Gasteiger partial charge is 0.490 e. The molecular formula is C22H30O3. The van der Waals surface area contributed by atoms with E-state index in [-0.39, 0.29) is 5.56 Å². The summed E-state index contributed by atoms with van der Waals surface area (Å²) in [5.74, 6) is -0.358. The monoisotopic (exact) mass is 342 g/mol. The lowest BCUT2D eigenvalue weighted by Crippen LogP contribution is -1.99. The first kappa shape index (κ1) is 20.8. The van der Waals surface area contributed by atoms with Gasteiger partial charge < -0.3 is 9.84 Å². The number of aromatic carboxylic acids is 1. The standard InChI is InChI=1S/C22H30O3/c1-17(2)8-5-9-18(3)10-6-11-19(4)14-15-25-21-13-7-12-20(16-21)22(23)24/h7-8,10,12-14,16H,5-6,9,11,15H2,1-4H3,(H,23,24). The first-order chi connectivity index (χ1) is 11.9. The molecule has 0 aliphatic heterocycles. The van der Waals surface area contributed by atoms with Crippen molar-refractivity contribution in [2.45, 2.75) is 53.4 Å². The molecule has 0 saturated carbocycles. The summed E-state index contributed by atoms with van der Waals surface area (Å²) in [4.78, 5) is 10.9. The van der Waals surface area contributed by atoms with E-state index < -0.39 is 5.97 Å². The van der Waals surface area contributed by atoms with Gasteiger partial charge in [0.15, 0.2) is 0 Å². The van der Waals surface area contributed by atoms with Crippen molar-refractivity contribution in [3.05, 3.63) is 64.8 Å². The number of ether oxygens (including phenoxy) is 1. The molecule has 1 rings (SSSR count). The van der Waals surface area contributed by atoms with E-state index in [1.807, 2.05) is 0 Å². The molecule has 1 N–H and O–H groups in total. The van der Waals surface area contributed by atoms with Crippen molar-refractivity contribution in [2.75, 3.05) is 6.61 Å². The van der Waals surface area contributed by atoms with Crippen LogP contribution in [0.3, 0.4) is 0 Å². The zero-order chi connectivity index (χ0) is 18.7. The Labute approximate surface area is 151 Å². The third-order valence-corrected chi connectivity index (χ3v) is 3.89. The smallest absolute Gasteiger partial charge is 0.335 e. The SMILES string of the molecule is CC(C)=CCCC(C)=CCCC(C)=CCOc1cccc(C(=O)O)c1. The molecule has 0 heterocycles. The number of benzene rings is 1. The Hall–Kier alpha value is -2.29. The Kier molecular flexibility index (Phi) is 9.38. The van der Waals surface area contributed by atoms with Gasteiger partial charge in [-0.25, -0.2) is 4.79 Å². The highest BCUT2D eigenvalue weighted by Gasteiger charge is 2.03.